The van der Waals surface area contributed by atoms with Gasteiger partial charge in [-0.2, -0.15) is 5.10 Å². The third-order valence-electron chi connectivity index (χ3n) is 2.02. The minimum absolute atomic E-state index is 0.876. The molecule has 0 aliphatic carbocycles. The maximum atomic E-state index is 5.26. The summed E-state index contributed by atoms with van der Waals surface area (Å²) in [5.41, 5.74) is 2.17. The first kappa shape index (κ1) is 7.16. The highest BCUT2D eigenvalue weighted by Gasteiger charge is 2.07. The van der Waals surface area contributed by atoms with Crippen LogP contribution in [-0.2, 0) is 7.05 Å². The molecule has 0 radical (unpaired) electrons. The molecule has 0 aromatic carbocycles. The first-order chi connectivity index (χ1) is 5.79. The van der Waals surface area contributed by atoms with Gasteiger partial charge in [-0.1, -0.05) is 0 Å². The predicted molar refractivity (Wildman–Crippen MR) is 45.6 cm³/mol. The van der Waals surface area contributed by atoms with Crippen LogP contribution < -0.4 is 0 Å². The lowest BCUT2D eigenvalue weighted by atomic mass is 10.2. The van der Waals surface area contributed by atoms with Crippen LogP contribution in [0.5, 0.6) is 0 Å². The quantitative estimate of drug-likeness (QED) is 0.642. The smallest absolute Gasteiger partial charge is 0.137 e. The molecule has 0 bridgehead atoms. The molecule has 3 heteroatoms. The van der Waals surface area contributed by atoms with Crippen molar-refractivity contribution in [3.05, 3.63) is 30.3 Å². The first-order valence-corrected chi connectivity index (χ1v) is 3.81. The fraction of sp³-hybridized carbons (Fsp3) is 0.222. The third kappa shape index (κ3) is 0.942. The molecule has 0 atom stereocenters. The summed E-state index contributed by atoms with van der Waals surface area (Å²) >= 11 is 0. The van der Waals surface area contributed by atoms with Gasteiger partial charge in [0.05, 0.1) is 18.0 Å². The molecular formula is C9H10N2O. The molecule has 0 saturated heterocycles. The highest BCUT2D eigenvalue weighted by molar-refractivity contribution is 5.58. The molecule has 0 unspecified atom stereocenters. The summed E-state index contributed by atoms with van der Waals surface area (Å²) in [6, 6.07) is 3.81. The summed E-state index contributed by atoms with van der Waals surface area (Å²) in [4.78, 5) is 0. The molecule has 0 aliphatic heterocycles. The van der Waals surface area contributed by atoms with Crippen LogP contribution in [0.15, 0.2) is 29.0 Å². The second-order valence-corrected chi connectivity index (χ2v) is 2.74. The van der Waals surface area contributed by atoms with Crippen molar-refractivity contribution in [2.24, 2.45) is 7.05 Å². The van der Waals surface area contributed by atoms with Gasteiger partial charge < -0.3 is 4.42 Å². The van der Waals surface area contributed by atoms with Gasteiger partial charge in [0.1, 0.15) is 5.76 Å². The summed E-state index contributed by atoms with van der Waals surface area (Å²) in [7, 11) is 1.92. The van der Waals surface area contributed by atoms with E-state index in [4.69, 9.17) is 4.42 Å². The van der Waals surface area contributed by atoms with Crippen molar-refractivity contribution >= 4 is 0 Å². The van der Waals surface area contributed by atoms with Crippen LogP contribution in [0.25, 0.3) is 11.3 Å². The average Bonchev–Trinajstić information content (AvgIpc) is 2.64. The highest BCUT2D eigenvalue weighted by Crippen LogP contribution is 2.22. The van der Waals surface area contributed by atoms with E-state index < -0.39 is 0 Å². The maximum absolute atomic E-state index is 5.26. The van der Waals surface area contributed by atoms with Crippen LogP contribution in [0.3, 0.4) is 0 Å². The fourth-order valence-corrected chi connectivity index (χ4v) is 1.17. The molecule has 2 heterocycles. The number of rotatable bonds is 1. The Labute approximate surface area is 70.6 Å². The van der Waals surface area contributed by atoms with Crippen LogP contribution in [0, 0.1) is 6.92 Å². The minimum atomic E-state index is 0.876. The van der Waals surface area contributed by atoms with Crippen LogP contribution >= 0.6 is 0 Å². The molecule has 2 aromatic rings. The van der Waals surface area contributed by atoms with E-state index >= 15 is 0 Å². The Bertz CT molecular complexity index is 373. The molecule has 0 saturated carbocycles. The van der Waals surface area contributed by atoms with Crippen molar-refractivity contribution in [3.63, 3.8) is 0 Å². The Kier molecular flexibility index (Phi) is 1.50. The van der Waals surface area contributed by atoms with Crippen LogP contribution in [0.1, 0.15) is 5.69 Å². The standard InChI is InChI=1S/C9H10N2O/c1-7-8(6-10-11(7)2)9-4-3-5-12-9/h3-6H,1-2H3. The van der Waals surface area contributed by atoms with Gasteiger partial charge in [0, 0.05) is 12.7 Å². The van der Waals surface area contributed by atoms with Gasteiger partial charge in [0.25, 0.3) is 0 Å². The molecule has 0 aliphatic rings. The fourth-order valence-electron chi connectivity index (χ4n) is 1.17. The predicted octanol–water partition coefficient (Wildman–Crippen LogP) is 1.99. The first-order valence-electron chi connectivity index (χ1n) is 3.81. The molecular weight excluding hydrogens is 152 g/mol. The summed E-state index contributed by atoms with van der Waals surface area (Å²) in [6.07, 6.45) is 3.48. The number of nitrogens with zero attached hydrogens (tertiary/aromatic N) is 2. The van der Waals surface area contributed by atoms with Crippen molar-refractivity contribution in [2.75, 3.05) is 0 Å². The molecule has 0 fully saturated rings. The second-order valence-electron chi connectivity index (χ2n) is 2.74. The third-order valence-corrected chi connectivity index (χ3v) is 2.02. The number of aromatic nitrogens is 2. The summed E-state index contributed by atoms with van der Waals surface area (Å²) in [5, 5.41) is 4.13. The van der Waals surface area contributed by atoms with E-state index in [1.54, 1.807) is 6.26 Å². The van der Waals surface area contributed by atoms with E-state index in [0.717, 1.165) is 17.0 Å². The van der Waals surface area contributed by atoms with Crippen LogP contribution in [-0.4, -0.2) is 9.78 Å². The molecule has 12 heavy (non-hydrogen) atoms. The van der Waals surface area contributed by atoms with Gasteiger partial charge in [0.2, 0.25) is 0 Å². The van der Waals surface area contributed by atoms with Gasteiger partial charge in [0.15, 0.2) is 0 Å². The Hall–Kier alpha value is -1.51. The lowest BCUT2D eigenvalue weighted by Crippen LogP contribution is -1.92. The number of hydrogen-bond acceptors (Lipinski definition) is 2. The van der Waals surface area contributed by atoms with E-state index in [1.165, 1.54) is 0 Å². The van der Waals surface area contributed by atoms with Gasteiger partial charge in [-0.25, -0.2) is 0 Å². The normalized spacial score (nSPS) is 10.5. The molecule has 0 N–H and O–H groups in total. The van der Waals surface area contributed by atoms with E-state index in [9.17, 15) is 0 Å². The highest BCUT2D eigenvalue weighted by atomic mass is 16.3. The SMILES string of the molecule is Cc1c(-c2ccco2)cnn1C. The molecule has 3 nitrogen and oxygen atoms in total. The zero-order valence-corrected chi connectivity index (χ0v) is 7.11. The average molecular weight is 162 g/mol. The van der Waals surface area contributed by atoms with Gasteiger partial charge in [-0.05, 0) is 19.1 Å². The maximum Gasteiger partial charge on any atom is 0.137 e. The second kappa shape index (κ2) is 2.52. The zero-order chi connectivity index (χ0) is 8.55. The van der Waals surface area contributed by atoms with Crippen molar-refractivity contribution < 1.29 is 4.42 Å². The lowest BCUT2D eigenvalue weighted by Gasteiger charge is -1.95. The number of furan rings is 1. The Balaban J connectivity index is 2.55. The number of aryl methyl sites for hydroxylation is 1. The molecule has 62 valence electrons. The van der Waals surface area contributed by atoms with E-state index in [1.807, 2.05) is 37.0 Å². The van der Waals surface area contributed by atoms with Crippen molar-refractivity contribution in [3.8, 4) is 11.3 Å². The number of hydrogen-bond donors (Lipinski definition) is 0. The van der Waals surface area contributed by atoms with Gasteiger partial charge >= 0.3 is 0 Å². The van der Waals surface area contributed by atoms with Gasteiger partial charge in [-0.3, -0.25) is 4.68 Å². The Morgan fingerprint density at radius 2 is 2.33 bits per heavy atom. The van der Waals surface area contributed by atoms with Crippen molar-refractivity contribution in [1.82, 2.24) is 9.78 Å². The molecule has 2 aromatic heterocycles. The molecule has 2 rings (SSSR count). The summed E-state index contributed by atoms with van der Waals surface area (Å²) in [6.45, 7) is 2.02. The van der Waals surface area contributed by atoms with E-state index in [2.05, 4.69) is 5.10 Å². The topological polar surface area (TPSA) is 31.0 Å². The van der Waals surface area contributed by atoms with Crippen LogP contribution in [0.4, 0.5) is 0 Å². The van der Waals surface area contributed by atoms with Crippen molar-refractivity contribution in [2.45, 2.75) is 6.92 Å². The van der Waals surface area contributed by atoms with E-state index in [-0.39, 0.29) is 0 Å². The Morgan fingerprint density at radius 3 is 2.83 bits per heavy atom. The monoisotopic (exact) mass is 162 g/mol. The summed E-state index contributed by atoms with van der Waals surface area (Å²) in [5.74, 6) is 0.876. The lowest BCUT2D eigenvalue weighted by molar-refractivity contribution is 0.581. The van der Waals surface area contributed by atoms with Crippen LogP contribution in [0.2, 0.25) is 0 Å². The molecule has 0 spiro atoms. The molecule has 0 amide bonds. The van der Waals surface area contributed by atoms with E-state index in [0.29, 0.717) is 0 Å². The van der Waals surface area contributed by atoms with Gasteiger partial charge in [-0.15, -0.1) is 0 Å². The zero-order valence-electron chi connectivity index (χ0n) is 7.11. The Morgan fingerprint density at radius 1 is 1.50 bits per heavy atom. The minimum Gasteiger partial charge on any atom is -0.464 e. The summed E-state index contributed by atoms with van der Waals surface area (Å²) < 4.78 is 7.09. The largest absolute Gasteiger partial charge is 0.464 e. The van der Waals surface area contributed by atoms with Crippen molar-refractivity contribution in [1.29, 1.82) is 0 Å².